The molecule has 1 saturated heterocycles. The number of aryl methyl sites for hydroxylation is 1. The zero-order valence-electron chi connectivity index (χ0n) is 12.5. The van der Waals surface area contributed by atoms with Crippen molar-refractivity contribution in [2.24, 2.45) is 0 Å². The molecule has 3 nitrogen and oxygen atoms in total. The zero-order chi connectivity index (χ0) is 14.5. The number of rotatable bonds is 4. The van der Waals surface area contributed by atoms with Gasteiger partial charge in [0.25, 0.3) is 0 Å². The smallest absolute Gasteiger partial charge is 0.0720 e. The Morgan fingerprint density at radius 1 is 1.14 bits per heavy atom. The average Bonchev–Trinajstić information content (AvgIpc) is 2.55. The van der Waals surface area contributed by atoms with E-state index in [9.17, 15) is 0 Å². The zero-order valence-corrected chi connectivity index (χ0v) is 12.5. The number of pyridine rings is 1. The first kappa shape index (κ1) is 14.1. The van der Waals surface area contributed by atoms with Crippen LogP contribution in [0.15, 0.2) is 48.8 Å². The van der Waals surface area contributed by atoms with E-state index in [4.69, 9.17) is 4.74 Å². The van der Waals surface area contributed by atoms with E-state index in [0.717, 1.165) is 32.5 Å². The molecule has 0 radical (unpaired) electrons. The predicted octanol–water partition coefficient (Wildman–Crippen LogP) is 3.58. The number of ether oxygens (including phenoxy) is 1. The van der Waals surface area contributed by atoms with Gasteiger partial charge in [-0.25, -0.2) is 0 Å². The van der Waals surface area contributed by atoms with Crippen LogP contribution in [0.2, 0.25) is 0 Å². The molecule has 2 heterocycles. The number of aromatic nitrogens is 1. The number of hydrogen-bond donors (Lipinski definition) is 0. The molecular weight excluding hydrogens is 260 g/mol. The van der Waals surface area contributed by atoms with Gasteiger partial charge in [0.1, 0.15) is 0 Å². The van der Waals surface area contributed by atoms with E-state index in [2.05, 4.69) is 47.1 Å². The molecule has 3 rings (SSSR count). The third-order valence-corrected chi connectivity index (χ3v) is 4.10. The Balaban J connectivity index is 1.50. The lowest BCUT2D eigenvalue weighted by Gasteiger charge is -2.34. The van der Waals surface area contributed by atoms with Gasteiger partial charge in [-0.15, -0.1) is 0 Å². The Kier molecular flexibility index (Phi) is 4.51. The first-order valence-corrected chi connectivity index (χ1v) is 7.64. The first-order valence-electron chi connectivity index (χ1n) is 7.64. The van der Waals surface area contributed by atoms with Crippen molar-refractivity contribution in [3.8, 4) is 0 Å². The maximum Gasteiger partial charge on any atom is 0.0720 e. The molecular formula is C18H22N2O. The molecule has 0 unspecified atom stereocenters. The second kappa shape index (κ2) is 6.72. The van der Waals surface area contributed by atoms with Crippen LogP contribution in [-0.2, 0) is 11.3 Å². The fraction of sp³-hybridized carbons (Fsp3) is 0.389. The maximum atomic E-state index is 6.04. The average molecular weight is 282 g/mol. The SMILES string of the molecule is Cc1cnccc1N1CCC(OCc2ccccc2)CC1. The molecule has 0 aliphatic carbocycles. The van der Waals surface area contributed by atoms with Gasteiger partial charge in [-0.3, -0.25) is 4.98 Å². The van der Waals surface area contributed by atoms with E-state index >= 15 is 0 Å². The molecule has 1 fully saturated rings. The highest BCUT2D eigenvalue weighted by Crippen LogP contribution is 2.24. The fourth-order valence-corrected chi connectivity index (χ4v) is 2.87. The summed E-state index contributed by atoms with van der Waals surface area (Å²) >= 11 is 0. The first-order chi connectivity index (χ1) is 10.3. The Hall–Kier alpha value is -1.87. The summed E-state index contributed by atoms with van der Waals surface area (Å²) in [6, 6.07) is 12.5. The quantitative estimate of drug-likeness (QED) is 0.857. The molecule has 0 bridgehead atoms. The van der Waals surface area contributed by atoms with Crippen LogP contribution in [0.5, 0.6) is 0 Å². The summed E-state index contributed by atoms with van der Waals surface area (Å²) in [6.45, 7) is 4.97. The van der Waals surface area contributed by atoms with Crippen molar-refractivity contribution < 1.29 is 4.74 Å². The second-order valence-electron chi connectivity index (χ2n) is 5.65. The van der Waals surface area contributed by atoms with Crippen molar-refractivity contribution in [3.05, 3.63) is 59.9 Å². The normalized spacial score (nSPS) is 16.1. The summed E-state index contributed by atoms with van der Waals surface area (Å²) in [7, 11) is 0. The van der Waals surface area contributed by atoms with Crippen molar-refractivity contribution in [1.29, 1.82) is 0 Å². The van der Waals surface area contributed by atoms with Crippen molar-refractivity contribution in [1.82, 2.24) is 4.98 Å². The standard InChI is InChI=1S/C18H22N2O/c1-15-13-19-10-7-18(15)20-11-8-17(9-12-20)21-14-16-5-3-2-4-6-16/h2-7,10,13,17H,8-9,11-12,14H2,1H3. The minimum Gasteiger partial charge on any atom is -0.373 e. The van der Waals surface area contributed by atoms with Gasteiger partial charge in [0.05, 0.1) is 12.7 Å². The summed E-state index contributed by atoms with van der Waals surface area (Å²) in [5.74, 6) is 0. The number of nitrogens with zero attached hydrogens (tertiary/aromatic N) is 2. The van der Waals surface area contributed by atoms with E-state index in [1.807, 2.05) is 18.5 Å². The number of anilines is 1. The second-order valence-corrected chi connectivity index (χ2v) is 5.65. The van der Waals surface area contributed by atoms with E-state index in [-0.39, 0.29) is 0 Å². The van der Waals surface area contributed by atoms with Crippen molar-refractivity contribution >= 4 is 5.69 Å². The van der Waals surface area contributed by atoms with Gasteiger partial charge in [-0.2, -0.15) is 0 Å². The van der Waals surface area contributed by atoms with Crippen molar-refractivity contribution in [3.63, 3.8) is 0 Å². The summed E-state index contributed by atoms with van der Waals surface area (Å²) in [5, 5.41) is 0. The Morgan fingerprint density at radius 2 is 1.90 bits per heavy atom. The van der Waals surface area contributed by atoms with Crippen LogP contribution in [0.4, 0.5) is 5.69 Å². The maximum absolute atomic E-state index is 6.04. The molecule has 0 atom stereocenters. The van der Waals surface area contributed by atoms with Crippen LogP contribution < -0.4 is 4.90 Å². The van der Waals surface area contributed by atoms with Crippen LogP contribution in [0.3, 0.4) is 0 Å². The molecule has 21 heavy (non-hydrogen) atoms. The molecule has 110 valence electrons. The van der Waals surface area contributed by atoms with Gasteiger partial charge in [0.2, 0.25) is 0 Å². The molecule has 2 aromatic rings. The van der Waals surface area contributed by atoms with E-state index in [1.54, 1.807) is 0 Å². The summed E-state index contributed by atoms with van der Waals surface area (Å²) < 4.78 is 6.04. The summed E-state index contributed by atoms with van der Waals surface area (Å²) in [4.78, 5) is 6.61. The van der Waals surface area contributed by atoms with Crippen LogP contribution in [-0.4, -0.2) is 24.2 Å². The number of benzene rings is 1. The van der Waals surface area contributed by atoms with Gasteiger partial charge >= 0.3 is 0 Å². The van der Waals surface area contributed by atoms with E-state index in [1.165, 1.54) is 16.8 Å². The number of piperidine rings is 1. The Morgan fingerprint density at radius 3 is 2.62 bits per heavy atom. The monoisotopic (exact) mass is 282 g/mol. The lowest BCUT2D eigenvalue weighted by Crippen LogP contribution is -2.37. The highest BCUT2D eigenvalue weighted by Gasteiger charge is 2.20. The third kappa shape index (κ3) is 3.61. The van der Waals surface area contributed by atoms with Crippen LogP contribution in [0.25, 0.3) is 0 Å². The molecule has 1 aliphatic heterocycles. The molecule has 1 aromatic carbocycles. The lowest BCUT2D eigenvalue weighted by atomic mass is 10.1. The third-order valence-electron chi connectivity index (χ3n) is 4.10. The summed E-state index contributed by atoms with van der Waals surface area (Å²) in [5.41, 5.74) is 3.82. The molecule has 0 saturated carbocycles. The van der Waals surface area contributed by atoms with Gasteiger partial charge in [0.15, 0.2) is 0 Å². The van der Waals surface area contributed by atoms with E-state index in [0.29, 0.717) is 6.10 Å². The van der Waals surface area contributed by atoms with Crippen LogP contribution in [0.1, 0.15) is 24.0 Å². The molecule has 0 spiro atoms. The fourth-order valence-electron chi connectivity index (χ4n) is 2.87. The molecule has 0 amide bonds. The van der Waals surface area contributed by atoms with Gasteiger partial charge in [-0.1, -0.05) is 30.3 Å². The van der Waals surface area contributed by atoms with Crippen LogP contribution in [0, 0.1) is 6.92 Å². The molecule has 3 heteroatoms. The minimum atomic E-state index is 0.378. The predicted molar refractivity (Wildman–Crippen MR) is 85.4 cm³/mol. The highest BCUT2D eigenvalue weighted by atomic mass is 16.5. The van der Waals surface area contributed by atoms with Crippen molar-refractivity contribution in [2.45, 2.75) is 32.5 Å². The van der Waals surface area contributed by atoms with Gasteiger partial charge in [-0.05, 0) is 37.0 Å². The highest BCUT2D eigenvalue weighted by molar-refractivity contribution is 5.51. The molecule has 1 aromatic heterocycles. The molecule has 0 N–H and O–H groups in total. The van der Waals surface area contributed by atoms with Crippen LogP contribution >= 0.6 is 0 Å². The number of hydrogen-bond acceptors (Lipinski definition) is 3. The largest absolute Gasteiger partial charge is 0.373 e. The minimum absolute atomic E-state index is 0.378. The lowest BCUT2D eigenvalue weighted by molar-refractivity contribution is 0.0251. The molecule has 1 aliphatic rings. The summed E-state index contributed by atoms with van der Waals surface area (Å²) in [6.07, 6.45) is 6.38. The Bertz CT molecular complexity index is 562. The topological polar surface area (TPSA) is 25.4 Å². The van der Waals surface area contributed by atoms with E-state index < -0.39 is 0 Å². The van der Waals surface area contributed by atoms with Gasteiger partial charge < -0.3 is 9.64 Å². The Labute approximate surface area is 126 Å². The van der Waals surface area contributed by atoms with Gasteiger partial charge in [0, 0.05) is 31.2 Å². The van der Waals surface area contributed by atoms with Crippen molar-refractivity contribution in [2.75, 3.05) is 18.0 Å².